The molecule has 1 aromatic rings. The quantitative estimate of drug-likeness (QED) is 0.381. The van der Waals surface area contributed by atoms with Gasteiger partial charge in [-0.2, -0.15) is 4.90 Å². The molecule has 0 aromatic heterocycles. The second-order valence-electron chi connectivity index (χ2n) is 2.00. The topological polar surface area (TPSA) is 0 Å². The van der Waals surface area contributed by atoms with Gasteiger partial charge in [-0.1, -0.05) is 31.2 Å². The third-order valence-corrected chi connectivity index (χ3v) is 1.60. The van der Waals surface area contributed by atoms with Crippen molar-refractivity contribution in [3.63, 3.8) is 0 Å². The normalized spacial score (nSPS) is 8.50. The van der Waals surface area contributed by atoms with Gasteiger partial charge in [0.05, 0.1) is 0 Å². The van der Waals surface area contributed by atoms with E-state index in [2.05, 4.69) is 19.1 Å². The average molecular weight is 160 g/mol. The summed E-state index contributed by atoms with van der Waals surface area (Å²) < 4.78 is 0. The number of benzene rings is 1. The molecule has 0 saturated carbocycles. The molecule has 48 valence electrons. The van der Waals surface area contributed by atoms with Crippen LogP contribution in [0.1, 0.15) is 12.5 Å². The molecule has 0 unspecified atom stereocenters. The zero-order chi connectivity index (χ0) is 6.69. The molecular weight excluding hydrogens is 151 g/mol. The van der Waals surface area contributed by atoms with Gasteiger partial charge in [-0.05, 0) is 12.0 Å². The van der Waals surface area contributed by atoms with Gasteiger partial charge in [0.25, 0.3) is 0 Å². The maximum atomic E-state index is 4.92. The summed E-state index contributed by atoms with van der Waals surface area (Å²) in [7, 11) is 0. The van der Waals surface area contributed by atoms with Crippen LogP contribution in [0.4, 0.5) is 0 Å². The van der Waals surface area contributed by atoms with Crippen molar-refractivity contribution in [3.05, 3.63) is 29.8 Å². The summed E-state index contributed by atoms with van der Waals surface area (Å²) >= 11 is 4.92. The Balaban J connectivity index is 0.000000810. The van der Waals surface area contributed by atoms with Gasteiger partial charge in [-0.3, -0.25) is 0 Å². The van der Waals surface area contributed by atoms with Gasteiger partial charge in [0, 0.05) is 0 Å². The second kappa shape index (κ2) is 5.14. The van der Waals surface area contributed by atoms with Gasteiger partial charge in [0.1, 0.15) is 0 Å². The summed E-state index contributed by atoms with van der Waals surface area (Å²) in [4.78, 5) is 0.923. The summed E-state index contributed by atoms with van der Waals surface area (Å²) in [6.07, 6.45) is 1.09. The molecule has 2 heteroatoms. The molecule has 0 bridgehead atoms. The molecule has 0 radical (unpaired) electrons. The first-order valence-electron chi connectivity index (χ1n) is 3.09. The van der Waals surface area contributed by atoms with Crippen LogP contribution in [0.25, 0.3) is 0 Å². The molecule has 1 aromatic carbocycles. The molecule has 10 heavy (non-hydrogen) atoms. The predicted octanol–water partition coefficient (Wildman–Crippen LogP) is -0.841. The Bertz CT molecular complexity index is 181. The molecule has 1 rings (SSSR count). The van der Waals surface area contributed by atoms with Crippen LogP contribution in [0.5, 0.6) is 0 Å². The molecule has 0 atom stereocenters. The second-order valence-corrected chi connectivity index (χ2v) is 2.47. The Morgan fingerprint density at radius 1 is 1.20 bits per heavy atom. The summed E-state index contributed by atoms with van der Waals surface area (Å²) in [5, 5.41) is 0. The van der Waals surface area contributed by atoms with Crippen LogP contribution in [-0.2, 0) is 19.0 Å². The van der Waals surface area contributed by atoms with Crippen molar-refractivity contribution in [2.24, 2.45) is 0 Å². The van der Waals surface area contributed by atoms with Crippen molar-refractivity contribution >= 4 is 12.6 Å². The Hall–Kier alpha value is 0.440. The standard InChI is InChI=1S/C8H10S.Na/c1-2-7-3-5-8(9)6-4-7;/h3-6,9H,2H2,1H3;/q;+1/p-1. The molecule has 0 N–H and O–H groups in total. The Labute approximate surface area is 89.7 Å². The summed E-state index contributed by atoms with van der Waals surface area (Å²) in [5.74, 6) is 0. The van der Waals surface area contributed by atoms with E-state index >= 15 is 0 Å². The molecule has 0 aliphatic rings. The fraction of sp³-hybridized carbons (Fsp3) is 0.250. The monoisotopic (exact) mass is 160 g/mol. The van der Waals surface area contributed by atoms with Gasteiger partial charge >= 0.3 is 29.6 Å². The SMILES string of the molecule is CCc1ccc([S-])cc1.[Na+]. The van der Waals surface area contributed by atoms with E-state index in [4.69, 9.17) is 12.6 Å². The molecule has 0 aliphatic carbocycles. The molecule has 0 spiro atoms. The van der Waals surface area contributed by atoms with Gasteiger partial charge in [0.2, 0.25) is 0 Å². The first-order valence-corrected chi connectivity index (χ1v) is 3.49. The smallest absolute Gasteiger partial charge is 0.780 e. The Kier molecular flexibility index (Phi) is 5.36. The van der Waals surface area contributed by atoms with Crippen LogP contribution >= 0.6 is 0 Å². The van der Waals surface area contributed by atoms with E-state index in [0.29, 0.717) is 0 Å². The number of hydrogen-bond donors (Lipinski definition) is 0. The van der Waals surface area contributed by atoms with Crippen molar-refractivity contribution < 1.29 is 29.6 Å². The molecule has 0 saturated heterocycles. The van der Waals surface area contributed by atoms with Gasteiger partial charge in [-0.15, -0.1) is 0 Å². The van der Waals surface area contributed by atoms with Crippen LogP contribution in [0.15, 0.2) is 29.2 Å². The fourth-order valence-corrected chi connectivity index (χ4v) is 0.861. The number of hydrogen-bond acceptors (Lipinski definition) is 1. The minimum atomic E-state index is 0. The third kappa shape index (κ3) is 3.02. The number of aryl methyl sites for hydroxylation is 1. The largest absolute Gasteiger partial charge is 1.00 e. The van der Waals surface area contributed by atoms with Crippen LogP contribution < -0.4 is 29.6 Å². The minimum absolute atomic E-state index is 0. The zero-order valence-corrected chi connectivity index (χ0v) is 9.24. The molecule has 0 aliphatic heterocycles. The molecule has 0 heterocycles. The Morgan fingerprint density at radius 3 is 2.10 bits per heavy atom. The van der Waals surface area contributed by atoms with Crippen molar-refractivity contribution in [1.29, 1.82) is 0 Å². The van der Waals surface area contributed by atoms with E-state index in [1.807, 2.05) is 12.1 Å². The van der Waals surface area contributed by atoms with Crippen molar-refractivity contribution in [1.82, 2.24) is 0 Å². The fourth-order valence-electron chi connectivity index (χ4n) is 0.725. The van der Waals surface area contributed by atoms with E-state index in [0.717, 1.165) is 11.3 Å². The number of rotatable bonds is 1. The van der Waals surface area contributed by atoms with E-state index < -0.39 is 0 Å². The average Bonchev–Trinajstić information content (AvgIpc) is 1.90. The van der Waals surface area contributed by atoms with Crippen molar-refractivity contribution in [2.75, 3.05) is 0 Å². The van der Waals surface area contributed by atoms with Crippen LogP contribution in [0.2, 0.25) is 0 Å². The zero-order valence-electron chi connectivity index (χ0n) is 6.42. The molecular formula is C8H9NaS. The summed E-state index contributed by atoms with van der Waals surface area (Å²) in [5.41, 5.74) is 1.35. The van der Waals surface area contributed by atoms with Crippen LogP contribution in [0, 0.1) is 0 Å². The first kappa shape index (κ1) is 10.4. The maximum Gasteiger partial charge on any atom is 1.00 e. The minimum Gasteiger partial charge on any atom is -0.780 e. The third-order valence-electron chi connectivity index (χ3n) is 1.33. The predicted molar refractivity (Wildman–Crippen MR) is 41.5 cm³/mol. The van der Waals surface area contributed by atoms with Gasteiger partial charge < -0.3 is 12.6 Å². The van der Waals surface area contributed by atoms with Gasteiger partial charge in [0.15, 0.2) is 0 Å². The van der Waals surface area contributed by atoms with Crippen molar-refractivity contribution in [2.45, 2.75) is 18.2 Å². The Morgan fingerprint density at radius 2 is 1.70 bits per heavy atom. The van der Waals surface area contributed by atoms with Crippen molar-refractivity contribution in [3.8, 4) is 0 Å². The molecule has 0 fully saturated rings. The van der Waals surface area contributed by atoms with Crippen LogP contribution in [0.3, 0.4) is 0 Å². The molecule has 0 amide bonds. The summed E-state index contributed by atoms with van der Waals surface area (Å²) in [6, 6.07) is 8.08. The summed E-state index contributed by atoms with van der Waals surface area (Å²) in [6.45, 7) is 2.14. The van der Waals surface area contributed by atoms with E-state index in [-0.39, 0.29) is 29.6 Å². The first-order chi connectivity index (χ1) is 4.33. The van der Waals surface area contributed by atoms with E-state index in [1.165, 1.54) is 5.56 Å². The van der Waals surface area contributed by atoms with Gasteiger partial charge in [-0.25, -0.2) is 0 Å². The molecule has 0 nitrogen and oxygen atoms in total. The van der Waals surface area contributed by atoms with E-state index in [9.17, 15) is 0 Å². The van der Waals surface area contributed by atoms with E-state index in [1.54, 1.807) is 0 Å². The maximum absolute atomic E-state index is 4.92. The van der Waals surface area contributed by atoms with Crippen LogP contribution in [-0.4, -0.2) is 0 Å².